The number of hydrogen-bond acceptors (Lipinski definition) is 3. The molecule has 1 heterocycles. The molecule has 19 heavy (non-hydrogen) atoms. The van der Waals surface area contributed by atoms with Crippen molar-refractivity contribution in [1.82, 2.24) is 4.90 Å². The van der Waals surface area contributed by atoms with E-state index in [1.165, 1.54) is 13.0 Å². The van der Waals surface area contributed by atoms with Gasteiger partial charge in [0.1, 0.15) is 5.84 Å². The largest absolute Gasteiger partial charge is 0.384 e. The lowest BCUT2D eigenvalue weighted by molar-refractivity contribution is 0.258. The van der Waals surface area contributed by atoms with Gasteiger partial charge in [-0.15, -0.1) is 0 Å². The van der Waals surface area contributed by atoms with E-state index in [4.69, 9.17) is 11.1 Å². The summed E-state index contributed by atoms with van der Waals surface area (Å²) < 4.78 is 0. The molecule has 0 spiro atoms. The van der Waals surface area contributed by atoms with Gasteiger partial charge in [0.15, 0.2) is 0 Å². The maximum absolute atomic E-state index is 7.74. The van der Waals surface area contributed by atoms with Gasteiger partial charge in [-0.25, -0.2) is 0 Å². The molecule has 4 heteroatoms. The van der Waals surface area contributed by atoms with Crippen molar-refractivity contribution >= 4 is 11.5 Å². The third-order valence-corrected chi connectivity index (χ3v) is 3.70. The van der Waals surface area contributed by atoms with Crippen LogP contribution in [0.15, 0.2) is 18.2 Å². The van der Waals surface area contributed by atoms with E-state index in [9.17, 15) is 0 Å². The average molecular weight is 260 g/mol. The first-order valence-corrected chi connectivity index (χ1v) is 7.04. The number of benzene rings is 1. The molecule has 0 aliphatic carbocycles. The van der Waals surface area contributed by atoms with Crippen LogP contribution in [0.3, 0.4) is 0 Å². The molecule has 0 aromatic heterocycles. The van der Waals surface area contributed by atoms with E-state index in [1.807, 2.05) is 13.0 Å². The molecule has 1 aromatic carbocycles. The lowest BCUT2D eigenvalue weighted by Gasteiger charge is -2.36. The quantitative estimate of drug-likeness (QED) is 0.641. The summed E-state index contributed by atoms with van der Waals surface area (Å²) in [6, 6.07) is 6.21. The fourth-order valence-corrected chi connectivity index (χ4v) is 2.67. The molecule has 1 aliphatic rings. The topological polar surface area (TPSA) is 56.4 Å². The number of piperazine rings is 1. The molecule has 0 radical (unpaired) electrons. The molecule has 1 aromatic rings. The second-order valence-electron chi connectivity index (χ2n) is 5.26. The number of nitrogens with two attached hydrogens (primary N) is 1. The summed E-state index contributed by atoms with van der Waals surface area (Å²) in [4.78, 5) is 4.85. The molecular weight excluding hydrogens is 236 g/mol. The highest BCUT2D eigenvalue weighted by molar-refractivity contribution is 6.00. The number of aryl methyl sites for hydroxylation is 1. The van der Waals surface area contributed by atoms with Crippen LogP contribution in [0.2, 0.25) is 0 Å². The van der Waals surface area contributed by atoms with Crippen molar-refractivity contribution in [3.05, 3.63) is 29.3 Å². The Morgan fingerprint density at radius 3 is 2.53 bits per heavy atom. The van der Waals surface area contributed by atoms with Crippen LogP contribution in [-0.2, 0) is 0 Å². The van der Waals surface area contributed by atoms with Crippen molar-refractivity contribution in [2.45, 2.75) is 20.3 Å². The van der Waals surface area contributed by atoms with Gasteiger partial charge in [0.2, 0.25) is 0 Å². The fourth-order valence-electron chi connectivity index (χ4n) is 2.67. The molecule has 0 saturated carbocycles. The third kappa shape index (κ3) is 3.26. The van der Waals surface area contributed by atoms with E-state index in [2.05, 4.69) is 28.9 Å². The molecule has 0 atom stereocenters. The van der Waals surface area contributed by atoms with Gasteiger partial charge in [0.05, 0.1) is 0 Å². The van der Waals surface area contributed by atoms with Gasteiger partial charge in [0.25, 0.3) is 0 Å². The molecule has 0 unspecified atom stereocenters. The SMILES string of the molecule is CCCN1CCN(c2ccc(C)cc2C(=N)N)CC1. The van der Waals surface area contributed by atoms with Crippen LogP contribution in [-0.4, -0.2) is 43.5 Å². The van der Waals surface area contributed by atoms with E-state index < -0.39 is 0 Å². The van der Waals surface area contributed by atoms with Crippen molar-refractivity contribution < 1.29 is 0 Å². The average Bonchev–Trinajstić information content (AvgIpc) is 2.40. The molecule has 0 amide bonds. The van der Waals surface area contributed by atoms with E-state index in [0.29, 0.717) is 0 Å². The third-order valence-electron chi connectivity index (χ3n) is 3.70. The van der Waals surface area contributed by atoms with Gasteiger partial charge >= 0.3 is 0 Å². The Morgan fingerprint density at radius 2 is 1.95 bits per heavy atom. The number of rotatable bonds is 4. The Kier molecular flexibility index (Phi) is 4.43. The summed E-state index contributed by atoms with van der Waals surface area (Å²) in [5.41, 5.74) is 8.83. The maximum atomic E-state index is 7.74. The summed E-state index contributed by atoms with van der Waals surface area (Å²) >= 11 is 0. The highest BCUT2D eigenvalue weighted by atomic mass is 15.3. The predicted molar refractivity (Wildman–Crippen MR) is 81.1 cm³/mol. The van der Waals surface area contributed by atoms with E-state index >= 15 is 0 Å². The number of nitrogens with one attached hydrogen (secondary N) is 1. The number of hydrogen-bond donors (Lipinski definition) is 2. The Morgan fingerprint density at radius 1 is 1.26 bits per heavy atom. The number of anilines is 1. The summed E-state index contributed by atoms with van der Waals surface area (Å²) in [6.07, 6.45) is 1.21. The first kappa shape index (κ1) is 13.9. The zero-order valence-electron chi connectivity index (χ0n) is 11.9. The molecule has 0 bridgehead atoms. The van der Waals surface area contributed by atoms with E-state index in [0.717, 1.165) is 43.0 Å². The predicted octanol–water partition coefficient (Wildman–Crippen LogP) is 1.81. The maximum Gasteiger partial charge on any atom is 0.124 e. The van der Waals surface area contributed by atoms with Crippen LogP contribution >= 0.6 is 0 Å². The molecule has 4 nitrogen and oxygen atoms in total. The van der Waals surface area contributed by atoms with Crippen molar-refractivity contribution in [2.75, 3.05) is 37.6 Å². The monoisotopic (exact) mass is 260 g/mol. The molecule has 1 saturated heterocycles. The summed E-state index contributed by atoms with van der Waals surface area (Å²) in [7, 11) is 0. The second kappa shape index (κ2) is 6.06. The minimum absolute atomic E-state index is 0.162. The first-order chi connectivity index (χ1) is 9.11. The van der Waals surface area contributed by atoms with Crippen molar-refractivity contribution in [2.24, 2.45) is 5.73 Å². The zero-order valence-corrected chi connectivity index (χ0v) is 11.9. The van der Waals surface area contributed by atoms with Crippen LogP contribution in [0.4, 0.5) is 5.69 Å². The van der Waals surface area contributed by atoms with Gasteiger partial charge in [-0.2, -0.15) is 0 Å². The number of nitrogen functional groups attached to an aromatic ring is 1. The number of nitrogens with zero attached hydrogens (tertiary/aromatic N) is 2. The highest BCUT2D eigenvalue weighted by Crippen LogP contribution is 2.23. The Hall–Kier alpha value is -1.55. The number of amidine groups is 1. The van der Waals surface area contributed by atoms with E-state index in [1.54, 1.807) is 0 Å². The van der Waals surface area contributed by atoms with Gasteiger partial charge < -0.3 is 10.6 Å². The normalized spacial score (nSPS) is 16.6. The van der Waals surface area contributed by atoms with Crippen LogP contribution in [0.1, 0.15) is 24.5 Å². The lowest BCUT2D eigenvalue weighted by Crippen LogP contribution is -2.47. The fraction of sp³-hybridized carbons (Fsp3) is 0.533. The van der Waals surface area contributed by atoms with Crippen LogP contribution < -0.4 is 10.6 Å². The molecule has 104 valence electrons. The van der Waals surface area contributed by atoms with Gasteiger partial charge in [0, 0.05) is 37.4 Å². The first-order valence-electron chi connectivity index (χ1n) is 7.04. The van der Waals surface area contributed by atoms with Crippen LogP contribution in [0, 0.1) is 12.3 Å². The van der Waals surface area contributed by atoms with E-state index in [-0.39, 0.29) is 5.84 Å². The minimum atomic E-state index is 0.162. The van der Waals surface area contributed by atoms with Gasteiger partial charge in [-0.05, 0) is 32.0 Å². The zero-order chi connectivity index (χ0) is 13.8. The van der Waals surface area contributed by atoms with Gasteiger partial charge in [-0.3, -0.25) is 10.3 Å². The summed E-state index contributed by atoms with van der Waals surface area (Å²) in [6.45, 7) is 9.67. The molecule has 2 rings (SSSR count). The smallest absolute Gasteiger partial charge is 0.124 e. The van der Waals surface area contributed by atoms with Gasteiger partial charge in [-0.1, -0.05) is 18.6 Å². The Labute approximate surface area is 115 Å². The molecule has 3 N–H and O–H groups in total. The molecule has 1 aliphatic heterocycles. The molecule has 1 fully saturated rings. The standard InChI is InChI=1S/C15H24N4/c1-3-6-18-7-9-19(10-8-18)14-5-4-12(2)11-13(14)15(16)17/h4-5,11H,3,6-10H2,1-2H3,(H3,16,17). The van der Waals surface area contributed by atoms with Crippen LogP contribution in [0.5, 0.6) is 0 Å². The summed E-state index contributed by atoms with van der Waals surface area (Å²) in [5.74, 6) is 0.162. The Bertz CT molecular complexity index is 447. The highest BCUT2D eigenvalue weighted by Gasteiger charge is 2.19. The van der Waals surface area contributed by atoms with Crippen molar-refractivity contribution in [3.63, 3.8) is 0 Å². The Balaban J connectivity index is 2.13. The summed E-state index contributed by atoms with van der Waals surface area (Å²) in [5, 5.41) is 7.74. The van der Waals surface area contributed by atoms with Crippen LogP contribution in [0.25, 0.3) is 0 Å². The lowest BCUT2D eigenvalue weighted by atomic mass is 10.1. The minimum Gasteiger partial charge on any atom is -0.384 e. The molecular formula is C15H24N4. The van der Waals surface area contributed by atoms with Crippen molar-refractivity contribution in [3.8, 4) is 0 Å². The second-order valence-corrected chi connectivity index (χ2v) is 5.26. The van der Waals surface area contributed by atoms with Crippen molar-refractivity contribution in [1.29, 1.82) is 5.41 Å².